The molecule has 0 spiro atoms. The lowest BCUT2D eigenvalue weighted by atomic mass is 10.4. The van der Waals surface area contributed by atoms with Crippen molar-refractivity contribution in [3.8, 4) is 0 Å². The fourth-order valence-electron chi connectivity index (χ4n) is 1.32. The smallest absolute Gasteiger partial charge is 0.0964 e. The quantitative estimate of drug-likeness (QED) is 0.603. The highest BCUT2D eigenvalue weighted by atomic mass is 16.5. The van der Waals surface area contributed by atoms with E-state index in [9.17, 15) is 0 Å². The number of rotatable bonds is 10. The predicted octanol–water partition coefficient (Wildman–Crippen LogP) is 0.441. The molecule has 0 aromatic carbocycles. The number of ether oxygens (including phenoxy) is 2. The number of hydrogen-bond donors (Lipinski definition) is 1. The van der Waals surface area contributed by atoms with Gasteiger partial charge in [-0.25, -0.2) is 4.68 Å². The van der Waals surface area contributed by atoms with Gasteiger partial charge < -0.3 is 14.8 Å². The average Bonchev–Trinajstić information content (AvgIpc) is 2.77. The van der Waals surface area contributed by atoms with Crippen molar-refractivity contribution in [2.75, 3.05) is 33.5 Å². The van der Waals surface area contributed by atoms with Gasteiger partial charge in [0.25, 0.3) is 0 Å². The van der Waals surface area contributed by atoms with E-state index < -0.39 is 0 Å². The number of hydrogen-bond acceptors (Lipinski definition) is 5. The Morgan fingerprint density at radius 1 is 1.35 bits per heavy atom. The van der Waals surface area contributed by atoms with Crippen LogP contribution in [0.2, 0.25) is 0 Å². The van der Waals surface area contributed by atoms with Crippen molar-refractivity contribution in [1.29, 1.82) is 0 Å². The third-order valence-electron chi connectivity index (χ3n) is 2.22. The number of nitrogens with zero attached hydrogens (tertiary/aromatic N) is 3. The second-order valence-corrected chi connectivity index (χ2v) is 3.75. The molecule has 98 valence electrons. The van der Waals surface area contributed by atoms with Crippen LogP contribution >= 0.6 is 0 Å². The molecule has 1 aromatic heterocycles. The summed E-state index contributed by atoms with van der Waals surface area (Å²) >= 11 is 0. The van der Waals surface area contributed by atoms with Crippen LogP contribution in [-0.4, -0.2) is 48.5 Å². The zero-order valence-corrected chi connectivity index (χ0v) is 10.7. The Morgan fingerprint density at radius 2 is 2.24 bits per heavy atom. The van der Waals surface area contributed by atoms with Gasteiger partial charge in [-0.3, -0.25) is 0 Å². The van der Waals surface area contributed by atoms with Crippen LogP contribution in [0.4, 0.5) is 0 Å². The number of nitrogens with one attached hydrogen (secondary N) is 1. The van der Waals surface area contributed by atoms with E-state index in [4.69, 9.17) is 9.47 Å². The maximum Gasteiger partial charge on any atom is 0.0964 e. The fraction of sp³-hybridized carbons (Fsp3) is 0.818. The second kappa shape index (κ2) is 9.09. The Labute approximate surface area is 102 Å². The van der Waals surface area contributed by atoms with Crippen LogP contribution in [0.25, 0.3) is 0 Å². The minimum atomic E-state index is 0.621. The minimum Gasteiger partial charge on any atom is -0.382 e. The standard InChI is InChI=1S/C11H22N4O2/c1-3-4-12-9-11-10-15(14-13-11)5-6-17-8-7-16-2/h10,12H,3-9H2,1-2H3. The largest absolute Gasteiger partial charge is 0.382 e. The van der Waals surface area contributed by atoms with Crippen LogP contribution in [0.1, 0.15) is 19.0 Å². The highest BCUT2D eigenvalue weighted by Gasteiger charge is 1.99. The average molecular weight is 242 g/mol. The van der Waals surface area contributed by atoms with Crippen molar-refractivity contribution in [3.05, 3.63) is 11.9 Å². The number of methoxy groups -OCH3 is 1. The van der Waals surface area contributed by atoms with E-state index in [0.717, 1.165) is 31.7 Å². The van der Waals surface area contributed by atoms with Gasteiger partial charge in [0.15, 0.2) is 0 Å². The van der Waals surface area contributed by atoms with Crippen molar-refractivity contribution < 1.29 is 9.47 Å². The van der Waals surface area contributed by atoms with Gasteiger partial charge in [-0.15, -0.1) is 5.10 Å². The van der Waals surface area contributed by atoms with E-state index in [0.29, 0.717) is 19.8 Å². The maximum atomic E-state index is 5.36. The summed E-state index contributed by atoms with van der Waals surface area (Å²) in [7, 11) is 1.66. The molecule has 0 aliphatic rings. The molecule has 0 unspecified atom stereocenters. The molecular formula is C11H22N4O2. The molecule has 0 amide bonds. The summed E-state index contributed by atoms with van der Waals surface area (Å²) in [6.45, 7) is 6.53. The van der Waals surface area contributed by atoms with Crippen molar-refractivity contribution in [1.82, 2.24) is 20.3 Å². The molecule has 6 nitrogen and oxygen atoms in total. The van der Waals surface area contributed by atoms with Crippen molar-refractivity contribution in [3.63, 3.8) is 0 Å². The van der Waals surface area contributed by atoms with E-state index in [1.165, 1.54) is 0 Å². The first-order valence-electron chi connectivity index (χ1n) is 6.03. The first kappa shape index (κ1) is 14.1. The van der Waals surface area contributed by atoms with Crippen LogP contribution in [0, 0.1) is 0 Å². The summed E-state index contributed by atoms with van der Waals surface area (Å²) in [5, 5.41) is 11.4. The Bertz CT molecular complexity index is 291. The molecule has 1 rings (SSSR count). The van der Waals surface area contributed by atoms with Gasteiger partial charge in [-0.2, -0.15) is 0 Å². The maximum absolute atomic E-state index is 5.36. The molecule has 0 saturated carbocycles. The molecule has 0 atom stereocenters. The first-order chi connectivity index (χ1) is 8.36. The molecule has 0 radical (unpaired) electrons. The van der Waals surface area contributed by atoms with Crippen molar-refractivity contribution >= 4 is 0 Å². The van der Waals surface area contributed by atoms with Crippen LogP contribution < -0.4 is 5.32 Å². The lowest BCUT2D eigenvalue weighted by Gasteiger charge is -2.02. The molecule has 0 aliphatic carbocycles. The third-order valence-corrected chi connectivity index (χ3v) is 2.22. The van der Waals surface area contributed by atoms with Crippen LogP contribution in [-0.2, 0) is 22.6 Å². The summed E-state index contributed by atoms with van der Waals surface area (Å²) in [5.41, 5.74) is 0.968. The van der Waals surface area contributed by atoms with E-state index in [1.54, 1.807) is 11.8 Å². The monoisotopic (exact) mass is 242 g/mol. The van der Waals surface area contributed by atoms with Gasteiger partial charge >= 0.3 is 0 Å². The highest BCUT2D eigenvalue weighted by molar-refractivity contribution is 4.91. The van der Waals surface area contributed by atoms with Crippen LogP contribution in [0.15, 0.2) is 6.20 Å². The Balaban J connectivity index is 2.12. The van der Waals surface area contributed by atoms with E-state index in [-0.39, 0.29) is 0 Å². The molecule has 0 saturated heterocycles. The molecule has 17 heavy (non-hydrogen) atoms. The normalized spacial score (nSPS) is 10.9. The SMILES string of the molecule is CCCNCc1cn(CCOCCOC)nn1. The predicted molar refractivity (Wildman–Crippen MR) is 64.7 cm³/mol. The summed E-state index contributed by atoms with van der Waals surface area (Å²) < 4.78 is 12.0. The second-order valence-electron chi connectivity index (χ2n) is 3.75. The van der Waals surface area contributed by atoms with Gasteiger partial charge in [0.1, 0.15) is 0 Å². The summed E-state index contributed by atoms with van der Waals surface area (Å²) in [4.78, 5) is 0. The van der Waals surface area contributed by atoms with Crippen LogP contribution in [0.5, 0.6) is 0 Å². The summed E-state index contributed by atoms with van der Waals surface area (Å²) in [5.74, 6) is 0. The first-order valence-corrected chi connectivity index (χ1v) is 6.03. The zero-order valence-electron chi connectivity index (χ0n) is 10.7. The van der Waals surface area contributed by atoms with Gasteiger partial charge in [0, 0.05) is 19.9 Å². The number of aromatic nitrogens is 3. The lowest BCUT2D eigenvalue weighted by molar-refractivity contribution is 0.0652. The van der Waals surface area contributed by atoms with Gasteiger partial charge in [0.05, 0.1) is 32.1 Å². The summed E-state index contributed by atoms with van der Waals surface area (Å²) in [6.07, 6.45) is 3.07. The molecule has 1 heterocycles. The molecule has 1 aromatic rings. The molecule has 0 aliphatic heterocycles. The van der Waals surface area contributed by atoms with E-state index in [1.807, 2.05) is 6.20 Å². The summed E-state index contributed by atoms with van der Waals surface area (Å²) in [6, 6.07) is 0. The fourth-order valence-corrected chi connectivity index (χ4v) is 1.32. The Morgan fingerprint density at radius 3 is 3.00 bits per heavy atom. The van der Waals surface area contributed by atoms with Gasteiger partial charge in [0.2, 0.25) is 0 Å². The Hall–Kier alpha value is -0.980. The zero-order chi connectivity index (χ0) is 12.3. The molecular weight excluding hydrogens is 220 g/mol. The van der Waals surface area contributed by atoms with Crippen LogP contribution in [0.3, 0.4) is 0 Å². The molecule has 6 heteroatoms. The van der Waals surface area contributed by atoms with E-state index >= 15 is 0 Å². The van der Waals surface area contributed by atoms with E-state index in [2.05, 4.69) is 22.6 Å². The minimum absolute atomic E-state index is 0.621. The highest BCUT2D eigenvalue weighted by Crippen LogP contribution is 1.93. The Kier molecular flexibility index (Phi) is 7.53. The van der Waals surface area contributed by atoms with Crippen molar-refractivity contribution in [2.45, 2.75) is 26.4 Å². The lowest BCUT2D eigenvalue weighted by Crippen LogP contribution is -2.14. The van der Waals surface area contributed by atoms with Gasteiger partial charge in [-0.05, 0) is 13.0 Å². The third kappa shape index (κ3) is 6.35. The van der Waals surface area contributed by atoms with Crippen molar-refractivity contribution in [2.24, 2.45) is 0 Å². The molecule has 0 fully saturated rings. The van der Waals surface area contributed by atoms with Gasteiger partial charge in [-0.1, -0.05) is 12.1 Å². The molecule has 1 N–H and O–H groups in total. The topological polar surface area (TPSA) is 61.2 Å². The molecule has 0 bridgehead atoms.